The molecule has 0 atom stereocenters. The summed E-state index contributed by atoms with van der Waals surface area (Å²) in [6.45, 7) is 0.238. The summed E-state index contributed by atoms with van der Waals surface area (Å²) in [4.78, 5) is 11.2. The molecular weight excluding hydrogens is 517 g/mol. The molecule has 0 saturated heterocycles. The first-order valence-corrected chi connectivity index (χ1v) is 15.1. The highest BCUT2D eigenvalue weighted by molar-refractivity contribution is 8.01. The highest BCUT2D eigenvalue weighted by atomic mass is 32.2. The van der Waals surface area contributed by atoms with Gasteiger partial charge in [0.15, 0.2) is 0 Å². The van der Waals surface area contributed by atoms with Crippen LogP contribution < -0.4 is 15.7 Å². The number of nitrogens with zero attached hydrogens (tertiary/aromatic N) is 1. The maximum Gasteiger partial charge on any atom is 0.259 e. The molecule has 2 aliphatic heterocycles. The lowest BCUT2D eigenvalue weighted by molar-refractivity contribution is 1.32. The average Bonchev–Trinajstić information content (AvgIpc) is 3.37. The van der Waals surface area contributed by atoms with Gasteiger partial charge in [-0.3, -0.25) is 4.98 Å². The van der Waals surface area contributed by atoms with Crippen molar-refractivity contribution in [3.8, 4) is 32.7 Å². The highest BCUT2D eigenvalue weighted by Gasteiger charge is 2.41. The number of pyridine rings is 1. The Morgan fingerprint density at radius 1 is 0.579 bits per heavy atom. The molecule has 2 aromatic heterocycles. The van der Waals surface area contributed by atoms with Crippen molar-refractivity contribution in [1.29, 1.82) is 0 Å². The number of fused-ring (bicyclic) bond motifs is 4. The molecule has 0 unspecified atom stereocenters. The summed E-state index contributed by atoms with van der Waals surface area (Å²) in [5, 5.41) is 0. The van der Waals surface area contributed by atoms with Crippen LogP contribution in [0.3, 0.4) is 0 Å². The van der Waals surface area contributed by atoms with Crippen LogP contribution in [0.1, 0.15) is 0 Å². The minimum atomic E-state index is 0.238. The van der Waals surface area contributed by atoms with Gasteiger partial charge in [-0.15, -0.1) is 11.3 Å². The van der Waals surface area contributed by atoms with Gasteiger partial charge >= 0.3 is 0 Å². The van der Waals surface area contributed by atoms with E-state index in [9.17, 15) is 0 Å². The molecule has 0 amide bonds. The van der Waals surface area contributed by atoms with Crippen LogP contribution in [0.15, 0.2) is 141 Å². The average molecular weight is 538 g/mol. The maximum absolute atomic E-state index is 4.35. The molecule has 6 aromatic rings. The first kappa shape index (κ1) is 22.5. The zero-order valence-electron chi connectivity index (χ0n) is 20.3. The Bertz CT molecular complexity index is 1810. The first-order chi connectivity index (χ1) is 18.8. The summed E-state index contributed by atoms with van der Waals surface area (Å²) in [6.07, 6.45) is 3.79. The van der Waals surface area contributed by atoms with Gasteiger partial charge in [0.25, 0.3) is 6.71 Å². The fraction of sp³-hybridized carbons (Fsp3) is 0. The van der Waals surface area contributed by atoms with E-state index in [1.54, 1.807) is 0 Å². The molecule has 0 bridgehead atoms. The van der Waals surface area contributed by atoms with Gasteiger partial charge in [-0.1, -0.05) is 114 Å². The van der Waals surface area contributed by atoms with E-state index < -0.39 is 0 Å². The van der Waals surface area contributed by atoms with E-state index in [2.05, 4.69) is 108 Å². The molecule has 1 nitrogen and oxygen atoms in total. The third-order valence-corrected chi connectivity index (χ3v) is 11.1. The molecule has 2 aliphatic rings. The normalized spacial score (nSPS) is 13.0. The summed E-state index contributed by atoms with van der Waals surface area (Å²) in [5.74, 6) is 0. The summed E-state index contributed by atoms with van der Waals surface area (Å²) >= 11 is 5.83. The Kier molecular flexibility index (Phi) is 5.36. The van der Waals surface area contributed by atoms with E-state index in [1.165, 1.54) is 62.4 Å². The Morgan fingerprint density at radius 3 is 2.08 bits per heavy atom. The van der Waals surface area contributed by atoms with Crippen molar-refractivity contribution in [3.05, 3.63) is 122 Å². The highest BCUT2D eigenvalue weighted by Crippen LogP contribution is 2.48. The van der Waals surface area contributed by atoms with Crippen LogP contribution in [-0.4, -0.2) is 11.7 Å². The molecule has 38 heavy (non-hydrogen) atoms. The minimum Gasteiger partial charge on any atom is -0.264 e. The van der Waals surface area contributed by atoms with Crippen molar-refractivity contribution >= 4 is 57.3 Å². The molecule has 0 spiro atoms. The Labute approximate surface area is 235 Å². The van der Waals surface area contributed by atoms with Gasteiger partial charge < -0.3 is 0 Å². The molecule has 0 aliphatic carbocycles. The van der Waals surface area contributed by atoms with Crippen molar-refractivity contribution in [1.82, 2.24) is 4.98 Å². The van der Waals surface area contributed by atoms with Crippen molar-refractivity contribution in [3.63, 3.8) is 0 Å². The van der Waals surface area contributed by atoms with Gasteiger partial charge in [-0.05, 0) is 51.2 Å². The zero-order chi connectivity index (χ0) is 25.1. The van der Waals surface area contributed by atoms with Crippen LogP contribution in [0.5, 0.6) is 0 Å². The second kappa shape index (κ2) is 9.06. The summed E-state index contributed by atoms with van der Waals surface area (Å²) in [6, 6.07) is 39.8. The van der Waals surface area contributed by atoms with E-state index in [-0.39, 0.29) is 6.71 Å². The molecule has 0 saturated carbocycles. The predicted octanol–water partition coefficient (Wildman–Crippen LogP) is 7.59. The maximum atomic E-state index is 4.35. The Hall–Kier alpha value is -3.51. The standard InChI is InChI=1S/C33H20BNS3/c1-3-9-21(10-4-1)29-31(22-11-5-2-6-12-22)38-33-32(29)37-27-15-7-14-26-30(27)34(33)25-17-16-23(19-28(25)36-26)24-13-8-18-35-20-24/h1-20H. The molecule has 0 radical (unpaired) electrons. The SMILES string of the molecule is c1ccc(-c2sc3c(c2-c2ccccc2)Sc2cccc4c2B3c2ccc(-c3cccnc3)cc2S4)cc1. The van der Waals surface area contributed by atoms with Gasteiger partial charge in [0.2, 0.25) is 0 Å². The minimum absolute atomic E-state index is 0.238. The Morgan fingerprint density at radius 2 is 1.32 bits per heavy atom. The first-order valence-electron chi connectivity index (χ1n) is 12.7. The number of rotatable bonds is 3. The van der Waals surface area contributed by atoms with E-state index in [0.717, 1.165) is 5.56 Å². The van der Waals surface area contributed by atoms with Gasteiger partial charge in [0.05, 0.1) is 0 Å². The monoisotopic (exact) mass is 537 g/mol. The zero-order valence-corrected chi connectivity index (χ0v) is 22.7. The molecule has 5 heteroatoms. The number of hydrogen-bond acceptors (Lipinski definition) is 4. The topological polar surface area (TPSA) is 12.9 Å². The predicted molar refractivity (Wildman–Crippen MR) is 164 cm³/mol. The van der Waals surface area contributed by atoms with E-state index in [1.807, 2.05) is 53.3 Å². The van der Waals surface area contributed by atoms with Crippen LogP contribution >= 0.6 is 34.9 Å². The van der Waals surface area contributed by atoms with Gasteiger partial charge in [0.1, 0.15) is 0 Å². The summed E-state index contributed by atoms with van der Waals surface area (Å²) in [5.41, 5.74) is 9.19. The number of hydrogen-bond donors (Lipinski definition) is 0. The lowest BCUT2D eigenvalue weighted by Gasteiger charge is -2.31. The lowest BCUT2D eigenvalue weighted by Crippen LogP contribution is -2.56. The van der Waals surface area contributed by atoms with Crippen LogP contribution in [0.4, 0.5) is 0 Å². The van der Waals surface area contributed by atoms with Crippen LogP contribution in [0.2, 0.25) is 0 Å². The number of benzene rings is 4. The number of aromatic nitrogens is 1. The molecule has 0 fully saturated rings. The van der Waals surface area contributed by atoms with E-state index >= 15 is 0 Å². The molecule has 4 aromatic carbocycles. The molecule has 4 heterocycles. The van der Waals surface area contributed by atoms with Crippen LogP contribution in [-0.2, 0) is 0 Å². The molecule has 178 valence electrons. The van der Waals surface area contributed by atoms with Gasteiger partial charge in [-0.2, -0.15) is 0 Å². The number of thiophene rings is 1. The van der Waals surface area contributed by atoms with Crippen molar-refractivity contribution in [2.45, 2.75) is 19.6 Å². The smallest absolute Gasteiger partial charge is 0.259 e. The van der Waals surface area contributed by atoms with E-state index in [0.29, 0.717) is 0 Å². The van der Waals surface area contributed by atoms with Gasteiger partial charge in [0, 0.05) is 48.0 Å². The lowest BCUT2D eigenvalue weighted by atomic mass is 9.39. The molecular formula is C33H20BNS3. The third-order valence-electron chi connectivity index (χ3n) is 7.32. The second-order valence-electron chi connectivity index (χ2n) is 9.53. The quantitative estimate of drug-likeness (QED) is 0.216. The largest absolute Gasteiger partial charge is 0.264 e. The van der Waals surface area contributed by atoms with Crippen molar-refractivity contribution in [2.24, 2.45) is 0 Å². The summed E-state index contributed by atoms with van der Waals surface area (Å²) < 4.78 is 1.46. The Balaban J connectivity index is 1.38. The molecule has 8 rings (SSSR count). The van der Waals surface area contributed by atoms with Crippen molar-refractivity contribution < 1.29 is 0 Å². The fourth-order valence-corrected chi connectivity index (χ4v) is 9.79. The van der Waals surface area contributed by atoms with Crippen molar-refractivity contribution in [2.75, 3.05) is 0 Å². The van der Waals surface area contributed by atoms with E-state index in [4.69, 9.17) is 0 Å². The second-order valence-corrected chi connectivity index (χ2v) is 12.7. The van der Waals surface area contributed by atoms with Crippen LogP contribution in [0, 0.1) is 0 Å². The van der Waals surface area contributed by atoms with Gasteiger partial charge in [-0.25, -0.2) is 0 Å². The van der Waals surface area contributed by atoms with Crippen LogP contribution in [0.25, 0.3) is 32.7 Å². The summed E-state index contributed by atoms with van der Waals surface area (Å²) in [7, 11) is 0. The molecule has 0 N–H and O–H groups in total. The third kappa shape index (κ3) is 3.53. The fourth-order valence-electron chi connectivity index (χ4n) is 5.60.